The van der Waals surface area contributed by atoms with Gasteiger partial charge >= 0.3 is 0 Å². The van der Waals surface area contributed by atoms with E-state index >= 15 is 0 Å². The van der Waals surface area contributed by atoms with Gasteiger partial charge in [0.15, 0.2) is 0 Å². The molecule has 0 aliphatic heterocycles. The monoisotopic (exact) mass is 279 g/mol. The van der Waals surface area contributed by atoms with Crippen LogP contribution in [-0.2, 0) is 0 Å². The molecule has 0 fully saturated rings. The molecule has 1 aromatic heterocycles. The van der Waals surface area contributed by atoms with Crippen molar-refractivity contribution in [2.75, 3.05) is 11.9 Å². The average molecular weight is 279 g/mol. The SMILES string of the molecule is CC(C)CCCCCCNc1cc(=O)[nH]c(C(C)C)n1. The first-order valence-electron chi connectivity index (χ1n) is 7.84. The van der Waals surface area contributed by atoms with Crippen LogP contribution in [0.25, 0.3) is 0 Å². The standard InChI is InChI=1S/C16H29N3O/c1-12(2)9-7-5-6-8-10-17-14-11-15(20)19-16(18-14)13(3)4/h11-13H,5-10H2,1-4H3,(H2,17,18,19,20). The van der Waals surface area contributed by atoms with Crippen LogP contribution in [0.5, 0.6) is 0 Å². The van der Waals surface area contributed by atoms with Crippen molar-refractivity contribution in [1.82, 2.24) is 9.97 Å². The van der Waals surface area contributed by atoms with Crippen LogP contribution in [0.3, 0.4) is 0 Å². The highest BCUT2D eigenvalue weighted by molar-refractivity contribution is 5.33. The van der Waals surface area contributed by atoms with E-state index in [9.17, 15) is 4.79 Å². The molecule has 0 bridgehead atoms. The molecule has 0 aromatic carbocycles. The smallest absolute Gasteiger partial charge is 0.252 e. The summed E-state index contributed by atoms with van der Waals surface area (Å²) in [5, 5.41) is 3.25. The van der Waals surface area contributed by atoms with E-state index in [2.05, 4.69) is 29.1 Å². The molecule has 4 nitrogen and oxygen atoms in total. The number of nitrogens with one attached hydrogen (secondary N) is 2. The van der Waals surface area contributed by atoms with Crippen molar-refractivity contribution in [3.8, 4) is 0 Å². The molecule has 20 heavy (non-hydrogen) atoms. The summed E-state index contributed by atoms with van der Waals surface area (Å²) in [6.45, 7) is 9.47. The lowest BCUT2D eigenvalue weighted by Crippen LogP contribution is -2.15. The summed E-state index contributed by atoms with van der Waals surface area (Å²) in [6, 6.07) is 1.53. The number of rotatable bonds is 9. The average Bonchev–Trinajstić information content (AvgIpc) is 2.36. The van der Waals surface area contributed by atoms with Gasteiger partial charge in [0.05, 0.1) is 0 Å². The fourth-order valence-corrected chi connectivity index (χ4v) is 2.09. The summed E-state index contributed by atoms with van der Waals surface area (Å²) < 4.78 is 0. The molecule has 1 heterocycles. The van der Waals surface area contributed by atoms with Crippen LogP contribution in [0.4, 0.5) is 5.82 Å². The zero-order chi connectivity index (χ0) is 15.0. The third kappa shape index (κ3) is 6.73. The Kier molecular flexibility index (Phi) is 7.34. The minimum absolute atomic E-state index is 0.0804. The molecule has 4 heteroatoms. The Morgan fingerprint density at radius 3 is 2.50 bits per heavy atom. The minimum Gasteiger partial charge on any atom is -0.370 e. The van der Waals surface area contributed by atoms with Crippen molar-refractivity contribution in [2.45, 2.75) is 65.7 Å². The molecular weight excluding hydrogens is 250 g/mol. The molecule has 0 radical (unpaired) electrons. The van der Waals surface area contributed by atoms with Crippen molar-refractivity contribution in [3.05, 3.63) is 22.2 Å². The quantitative estimate of drug-likeness (QED) is 0.674. The molecule has 0 aliphatic carbocycles. The predicted octanol–water partition coefficient (Wildman–Crippen LogP) is 3.91. The van der Waals surface area contributed by atoms with Crippen LogP contribution in [-0.4, -0.2) is 16.5 Å². The highest BCUT2D eigenvalue weighted by Gasteiger charge is 2.04. The van der Waals surface area contributed by atoms with Gasteiger partial charge in [0.25, 0.3) is 5.56 Å². The highest BCUT2D eigenvalue weighted by atomic mass is 16.1. The molecule has 1 aromatic rings. The van der Waals surface area contributed by atoms with Crippen molar-refractivity contribution in [3.63, 3.8) is 0 Å². The molecule has 2 N–H and O–H groups in total. The molecule has 0 spiro atoms. The van der Waals surface area contributed by atoms with Crippen LogP contribution >= 0.6 is 0 Å². The summed E-state index contributed by atoms with van der Waals surface area (Å²) in [5.41, 5.74) is -0.0804. The number of H-pyrrole nitrogens is 1. The third-order valence-electron chi connectivity index (χ3n) is 3.32. The van der Waals surface area contributed by atoms with Crippen molar-refractivity contribution < 1.29 is 0 Å². The molecule has 0 unspecified atom stereocenters. The molecule has 0 saturated carbocycles. The van der Waals surface area contributed by atoms with E-state index in [1.807, 2.05) is 13.8 Å². The van der Waals surface area contributed by atoms with Gasteiger partial charge in [-0.25, -0.2) is 4.98 Å². The first-order valence-corrected chi connectivity index (χ1v) is 7.84. The van der Waals surface area contributed by atoms with Gasteiger partial charge in [-0.1, -0.05) is 53.4 Å². The second-order valence-corrected chi connectivity index (χ2v) is 6.19. The molecule has 0 aliphatic rings. The number of aromatic nitrogens is 2. The highest BCUT2D eigenvalue weighted by Crippen LogP contribution is 2.11. The number of unbranched alkanes of at least 4 members (excludes halogenated alkanes) is 3. The largest absolute Gasteiger partial charge is 0.370 e. The molecule has 114 valence electrons. The lowest BCUT2D eigenvalue weighted by molar-refractivity contribution is 0.523. The van der Waals surface area contributed by atoms with Gasteiger partial charge in [0.2, 0.25) is 0 Å². The van der Waals surface area contributed by atoms with Gasteiger partial charge in [-0.2, -0.15) is 0 Å². The van der Waals surface area contributed by atoms with Gasteiger partial charge in [0, 0.05) is 18.5 Å². The van der Waals surface area contributed by atoms with Gasteiger partial charge < -0.3 is 10.3 Å². The van der Waals surface area contributed by atoms with E-state index in [4.69, 9.17) is 0 Å². The van der Waals surface area contributed by atoms with E-state index in [-0.39, 0.29) is 11.5 Å². The summed E-state index contributed by atoms with van der Waals surface area (Å²) >= 11 is 0. The maximum Gasteiger partial charge on any atom is 0.252 e. The Morgan fingerprint density at radius 1 is 1.15 bits per heavy atom. The van der Waals surface area contributed by atoms with E-state index in [1.165, 1.54) is 31.7 Å². The molecule has 0 atom stereocenters. The number of hydrogen-bond donors (Lipinski definition) is 2. The third-order valence-corrected chi connectivity index (χ3v) is 3.32. The summed E-state index contributed by atoms with van der Waals surface area (Å²) in [7, 11) is 0. The summed E-state index contributed by atoms with van der Waals surface area (Å²) in [5.74, 6) is 2.49. The predicted molar refractivity (Wildman–Crippen MR) is 85.4 cm³/mol. The fraction of sp³-hybridized carbons (Fsp3) is 0.750. The van der Waals surface area contributed by atoms with E-state index in [0.29, 0.717) is 5.82 Å². The van der Waals surface area contributed by atoms with Crippen LogP contribution in [0.1, 0.15) is 71.5 Å². The Hall–Kier alpha value is -1.32. The molecule has 0 saturated heterocycles. The Bertz CT molecular complexity index is 438. The first kappa shape index (κ1) is 16.7. The van der Waals surface area contributed by atoms with E-state index in [0.717, 1.165) is 24.7 Å². The van der Waals surface area contributed by atoms with E-state index < -0.39 is 0 Å². The maximum absolute atomic E-state index is 11.5. The Labute approximate surface area is 122 Å². The zero-order valence-corrected chi connectivity index (χ0v) is 13.3. The molecule has 0 amide bonds. The number of nitrogens with zero attached hydrogens (tertiary/aromatic N) is 1. The zero-order valence-electron chi connectivity index (χ0n) is 13.3. The van der Waals surface area contributed by atoms with E-state index in [1.54, 1.807) is 0 Å². The number of hydrogen-bond acceptors (Lipinski definition) is 3. The normalized spacial score (nSPS) is 11.3. The number of anilines is 1. The van der Waals surface area contributed by atoms with Gasteiger partial charge in [-0.15, -0.1) is 0 Å². The van der Waals surface area contributed by atoms with Crippen LogP contribution in [0, 0.1) is 5.92 Å². The lowest BCUT2D eigenvalue weighted by atomic mass is 10.0. The van der Waals surface area contributed by atoms with Crippen LogP contribution < -0.4 is 10.9 Å². The van der Waals surface area contributed by atoms with Crippen molar-refractivity contribution in [2.24, 2.45) is 5.92 Å². The second kappa shape index (κ2) is 8.77. The van der Waals surface area contributed by atoms with Gasteiger partial charge in [-0.05, 0) is 12.3 Å². The van der Waals surface area contributed by atoms with Gasteiger partial charge in [0.1, 0.15) is 11.6 Å². The van der Waals surface area contributed by atoms with Gasteiger partial charge in [-0.3, -0.25) is 4.79 Å². The number of aromatic amines is 1. The fourth-order valence-electron chi connectivity index (χ4n) is 2.09. The molecular formula is C16H29N3O. The Balaban J connectivity index is 2.27. The molecule has 1 rings (SSSR count). The topological polar surface area (TPSA) is 57.8 Å². The minimum atomic E-state index is -0.0804. The lowest BCUT2D eigenvalue weighted by Gasteiger charge is -2.09. The first-order chi connectivity index (χ1) is 9.49. The second-order valence-electron chi connectivity index (χ2n) is 6.19. The van der Waals surface area contributed by atoms with Crippen LogP contribution in [0.2, 0.25) is 0 Å². The van der Waals surface area contributed by atoms with Crippen molar-refractivity contribution >= 4 is 5.82 Å². The van der Waals surface area contributed by atoms with Crippen LogP contribution in [0.15, 0.2) is 10.9 Å². The summed E-state index contributed by atoms with van der Waals surface area (Å²) in [6.07, 6.45) is 6.29. The van der Waals surface area contributed by atoms with Crippen molar-refractivity contribution in [1.29, 1.82) is 0 Å². The maximum atomic E-state index is 11.5. The Morgan fingerprint density at radius 2 is 1.85 bits per heavy atom. The summed E-state index contributed by atoms with van der Waals surface area (Å²) in [4.78, 5) is 18.7.